The SMILES string of the molecule is Cc1ccccc1-c1ccc(C(c2ccccc2)N2CCN(C(C(=O)O)C(C)(C)C)[C@H](C)C2)cc1. The summed E-state index contributed by atoms with van der Waals surface area (Å²) in [6.45, 7) is 12.8. The third kappa shape index (κ3) is 5.50. The molecule has 2 unspecified atom stereocenters. The fraction of sp³-hybridized carbons (Fsp3) is 0.387. The number of aliphatic carboxylic acids is 1. The third-order valence-corrected chi connectivity index (χ3v) is 7.26. The van der Waals surface area contributed by atoms with E-state index in [1.165, 1.54) is 27.8 Å². The highest BCUT2D eigenvalue weighted by Crippen LogP contribution is 2.35. The summed E-state index contributed by atoms with van der Waals surface area (Å²) in [4.78, 5) is 16.9. The van der Waals surface area contributed by atoms with Crippen LogP contribution < -0.4 is 0 Å². The van der Waals surface area contributed by atoms with Gasteiger partial charge in [-0.05, 0) is 47.1 Å². The standard InChI is InChI=1S/C31H38N2O2/c1-22-11-9-10-14-27(22)24-15-17-26(18-16-24)28(25-12-7-6-8-13-25)32-19-20-33(23(2)21-32)29(30(34)35)31(3,4)5/h6-18,23,28-29H,19-21H2,1-5H3,(H,34,35)/t23-,28?,29?/m1/s1. The number of hydrogen-bond acceptors (Lipinski definition) is 3. The van der Waals surface area contributed by atoms with Gasteiger partial charge in [-0.3, -0.25) is 14.6 Å². The molecule has 0 bridgehead atoms. The highest BCUT2D eigenvalue weighted by molar-refractivity contribution is 5.74. The minimum Gasteiger partial charge on any atom is -0.480 e. The summed E-state index contributed by atoms with van der Waals surface area (Å²) in [6, 6.07) is 27.9. The van der Waals surface area contributed by atoms with Crippen LogP contribution in [0.1, 0.15) is 50.4 Å². The van der Waals surface area contributed by atoms with Crippen LogP contribution in [0.3, 0.4) is 0 Å². The molecular formula is C31H38N2O2. The van der Waals surface area contributed by atoms with Crippen LogP contribution in [-0.4, -0.2) is 52.6 Å². The number of piperazine rings is 1. The molecular weight excluding hydrogens is 432 g/mol. The number of rotatable bonds is 6. The first-order valence-electron chi connectivity index (χ1n) is 12.6. The lowest BCUT2D eigenvalue weighted by atomic mass is 9.84. The van der Waals surface area contributed by atoms with Crippen molar-refractivity contribution in [1.82, 2.24) is 9.80 Å². The van der Waals surface area contributed by atoms with Crippen molar-refractivity contribution in [2.75, 3.05) is 19.6 Å². The van der Waals surface area contributed by atoms with Gasteiger partial charge in [0.2, 0.25) is 0 Å². The first kappa shape index (κ1) is 25.2. The minimum atomic E-state index is -0.732. The number of nitrogens with zero attached hydrogens (tertiary/aromatic N) is 2. The summed E-state index contributed by atoms with van der Waals surface area (Å²) in [7, 11) is 0. The molecule has 1 fully saturated rings. The summed E-state index contributed by atoms with van der Waals surface area (Å²) in [5, 5.41) is 9.99. The Balaban J connectivity index is 1.63. The van der Waals surface area contributed by atoms with Crippen molar-refractivity contribution < 1.29 is 9.90 Å². The second kappa shape index (κ2) is 10.3. The Hall–Kier alpha value is -2.95. The van der Waals surface area contributed by atoms with Crippen molar-refractivity contribution in [3.63, 3.8) is 0 Å². The maximum Gasteiger partial charge on any atom is 0.321 e. The smallest absolute Gasteiger partial charge is 0.321 e. The molecule has 0 amide bonds. The van der Waals surface area contributed by atoms with Gasteiger partial charge in [0.05, 0.1) is 6.04 Å². The molecule has 1 heterocycles. The normalized spacial score (nSPS) is 19.3. The number of carbonyl (C=O) groups is 1. The lowest BCUT2D eigenvalue weighted by molar-refractivity contribution is -0.150. The van der Waals surface area contributed by atoms with Gasteiger partial charge in [-0.15, -0.1) is 0 Å². The van der Waals surface area contributed by atoms with Gasteiger partial charge in [0, 0.05) is 25.7 Å². The number of carboxylic acids is 1. The molecule has 184 valence electrons. The van der Waals surface area contributed by atoms with Gasteiger partial charge in [0.15, 0.2) is 0 Å². The van der Waals surface area contributed by atoms with Crippen molar-refractivity contribution in [2.45, 2.75) is 52.7 Å². The Kier molecular flexibility index (Phi) is 7.44. The van der Waals surface area contributed by atoms with E-state index in [1.54, 1.807) is 0 Å². The van der Waals surface area contributed by atoms with Crippen LogP contribution in [-0.2, 0) is 4.79 Å². The average Bonchev–Trinajstić information content (AvgIpc) is 2.81. The molecule has 3 aromatic carbocycles. The van der Waals surface area contributed by atoms with E-state index < -0.39 is 12.0 Å². The summed E-state index contributed by atoms with van der Waals surface area (Å²) in [5.74, 6) is -0.732. The first-order chi connectivity index (χ1) is 16.7. The van der Waals surface area contributed by atoms with Crippen molar-refractivity contribution >= 4 is 5.97 Å². The second-order valence-electron chi connectivity index (χ2n) is 10.9. The molecule has 4 nitrogen and oxygen atoms in total. The Morgan fingerprint density at radius 1 is 0.886 bits per heavy atom. The van der Waals surface area contributed by atoms with E-state index in [0.717, 1.165) is 19.6 Å². The zero-order valence-corrected chi connectivity index (χ0v) is 21.6. The largest absolute Gasteiger partial charge is 0.480 e. The van der Waals surface area contributed by atoms with E-state index in [0.29, 0.717) is 0 Å². The molecule has 1 aliphatic rings. The Labute approximate surface area is 210 Å². The molecule has 1 aliphatic heterocycles. The number of aryl methyl sites for hydroxylation is 1. The average molecular weight is 471 g/mol. The first-order valence-corrected chi connectivity index (χ1v) is 12.6. The lowest BCUT2D eigenvalue weighted by Gasteiger charge is -2.48. The van der Waals surface area contributed by atoms with E-state index in [4.69, 9.17) is 0 Å². The van der Waals surface area contributed by atoms with Gasteiger partial charge in [-0.25, -0.2) is 0 Å². The van der Waals surface area contributed by atoms with E-state index in [-0.39, 0.29) is 17.5 Å². The number of benzene rings is 3. The Morgan fingerprint density at radius 2 is 1.49 bits per heavy atom. The van der Waals surface area contributed by atoms with Gasteiger partial charge >= 0.3 is 5.97 Å². The van der Waals surface area contributed by atoms with E-state index in [1.807, 2.05) is 20.8 Å². The molecule has 4 rings (SSSR count). The lowest BCUT2D eigenvalue weighted by Crippen LogP contribution is -2.61. The fourth-order valence-corrected chi connectivity index (χ4v) is 5.62. The van der Waals surface area contributed by atoms with Crippen LogP contribution in [0.5, 0.6) is 0 Å². The van der Waals surface area contributed by atoms with Gasteiger partial charge in [0.25, 0.3) is 0 Å². The molecule has 0 aromatic heterocycles. The van der Waals surface area contributed by atoms with Gasteiger partial charge < -0.3 is 5.11 Å². The maximum absolute atomic E-state index is 12.2. The van der Waals surface area contributed by atoms with Gasteiger partial charge in [-0.1, -0.05) is 99.6 Å². The monoisotopic (exact) mass is 470 g/mol. The van der Waals surface area contributed by atoms with Gasteiger partial charge in [-0.2, -0.15) is 0 Å². The molecule has 35 heavy (non-hydrogen) atoms. The molecule has 0 saturated carbocycles. The molecule has 4 heteroatoms. The summed E-state index contributed by atoms with van der Waals surface area (Å²) < 4.78 is 0. The van der Waals surface area contributed by atoms with E-state index >= 15 is 0 Å². The summed E-state index contributed by atoms with van der Waals surface area (Å²) in [5.41, 5.74) is 5.97. The zero-order valence-electron chi connectivity index (χ0n) is 21.6. The predicted octanol–water partition coefficient (Wildman–Crippen LogP) is 6.26. The van der Waals surface area contributed by atoms with Crippen molar-refractivity contribution in [3.05, 3.63) is 95.6 Å². The Morgan fingerprint density at radius 3 is 2.06 bits per heavy atom. The van der Waals surface area contributed by atoms with E-state index in [2.05, 4.69) is 103 Å². The van der Waals surface area contributed by atoms with Crippen molar-refractivity contribution in [1.29, 1.82) is 0 Å². The maximum atomic E-state index is 12.2. The van der Waals surface area contributed by atoms with E-state index in [9.17, 15) is 9.90 Å². The van der Waals surface area contributed by atoms with Crippen LogP contribution in [0, 0.1) is 12.3 Å². The quantitative estimate of drug-likeness (QED) is 0.462. The Bertz CT molecular complexity index is 1130. The molecule has 3 atom stereocenters. The van der Waals surface area contributed by atoms with Crippen LogP contribution in [0.2, 0.25) is 0 Å². The van der Waals surface area contributed by atoms with Gasteiger partial charge in [0.1, 0.15) is 6.04 Å². The summed E-state index contributed by atoms with van der Waals surface area (Å²) >= 11 is 0. The van der Waals surface area contributed by atoms with Crippen molar-refractivity contribution in [3.8, 4) is 11.1 Å². The van der Waals surface area contributed by atoms with Crippen LogP contribution in [0.4, 0.5) is 0 Å². The van der Waals surface area contributed by atoms with Crippen molar-refractivity contribution in [2.24, 2.45) is 5.41 Å². The third-order valence-electron chi connectivity index (χ3n) is 7.26. The predicted molar refractivity (Wildman–Crippen MR) is 144 cm³/mol. The zero-order chi connectivity index (χ0) is 25.2. The summed E-state index contributed by atoms with van der Waals surface area (Å²) in [6.07, 6.45) is 0. The number of hydrogen-bond donors (Lipinski definition) is 1. The molecule has 0 radical (unpaired) electrons. The minimum absolute atomic E-state index is 0.129. The van der Waals surface area contributed by atoms with Crippen LogP contribution in [0.15, 0.2) is 78.9 Å². The van der Waals surface area contributed by atoms with Crippen LogP contribution in [0.25, 0.3) is 11.1 Å². The highest BCUT2D eigenvalue weighted by Gasteiger charge is 2.41. The topological polar surface area (TPSA) is 43.8 Å². The second-order valence-corrected chi connectivity index (χ2v) is 10.9. The molecule has 0 spiro atoms. The molecule has 1 N–H and O–H groups in total. The molecule has 1 saturated heterocycles. The highest BCUT2D eigenvalue weighted by atomic mass is 16.4. The fourth-order valence-electron chi connectivity index (χ4n) is 5.62. The number of carboxylic acid groups (broad SMARTS) is 1. The molecule has 3 aromatic rings. The van der Waals surface area contributed by atoms with Crippen LogP contribution >= 0.6 is 0 Å². The molecule has 0 aliphatic carbocycles.